The molecule has 3 aromatic rings. The van der Waals surface area contributed by atoms with Crippen molar-refractivity contribution in [3.8, 4) is 0 Å². The molecule has 0 spiro atoms. The molecule has 1 heterocycles. The summed E-state index contributed by atoms with van der Waals surface area (Å²) in [5.74, 6) is 0.299. The van der Waals surface area contributed by atoms with Crippen LogP contribution in [0.4, 0.5) is 0 Å². The number of carbonyl (C=O) groups is 2. The zero-order valence-corrected chi connectivity index (χ0v) is 14.0. The fourth-order valence-corrected chi connectivity index (χ4v) is 2.81. The lowest BCUT2D eigenvalue weighted by Crippen LogP contribution is -2.25. The van der Waals surface area contributed by atoms with Crippen LogP contribution < -0.4 is 11.1 Å². The van der Waals surface area contributed by atoms with E-state index in [1.807, 2.05) is 31.2 Å². The fourth-order valence-electron chi connectivity index (χ4n) is 2.81. The molecule has 0 saturated heterocycles. The number of nitrogens with two attached hydrogens (primary N) is 1. The van der Waals surface area contributed by atoms with Crippen molar-refractivity contribution in [2.75, 3.05) is 6.54 Å². The minimum absolute atomic E-state index is 0.164. The van der Waals surface area contributed by atoms with E-state index in [0.717, 1.165) is 29.8 Å². The van der Waals surface area contributed by atoms with Crippen molar-refractivity contribution in [2.24, 2.45) is 5.73 Å². The lowest BCUT2D eigenvalue weighted by Gasteiger charge is -2.08. The number of aryl methyl sites for hydroxylation is 2. The number of nitrogens with zero attached hydrogens (tertiary/aromatic N) is 2. The van der Waals surface area contributed by atoms with Gasteiger partial charge in [-0.15, -0.1) is 0 Å². The molecular weight excluding hydrogens is 316 g/mol. The second-order valence-corrected chi connectivity index (χ2v) is 5.85. The molecule has 0 aliphatic rings. The van der Waals surface area contributed by atoms with Gasteiger partial charge in [0, 0.05) is 24.2 Å². The highest BCUT2D eigenvalue weighted by molar-refractivity contribution is 5.97. The summed E-state index contributed by atoms with van der Waals surface area (Å²) in [6, 6.07) is 14.3. The van der Waals surface area contributed by atoms with Crippen LogP contribution in [-0.2, 0) is 6.54 Å². The second kappa shape index (κ2) is 7.17. The van der Waals surface area contributed by atoms with E-state index in [9.17, 15) is 9.59 Å². The molecule has 0 radical (unpaired) electrons. The fraction of sp³-hybridized carbons (Fsp3) is 0.211. The number of primary amides is 1. The maximum absolute atomic E-state index is 12.1. The lowest BCUT2D eigenvalue weighted by molar-refractivity contribution is 0.0950. The summed E-state index contributed by atoms with van der Waals surface area (Å²) < 4.78 is 2.16. The first-order valence-electron chi connectivity index (χ1n) is 8.16. The van der Waals surface area contributed by atoms with Gasteiger partial charge in [0.25, 0.3) is 5.91 Å². The van der Waals surface area contributed by atoms with Gasteiger partial charge in [-0.05, 0) is 49.7 Å². The van der Waals surface area contributed by atoms with Gasteiger partial charge in [-0.3, -0.25) is 9.59 Å². The van der Waals surface area contributed by atoms with Crippen LogP contribution in [-0.4, -0.2) is 27.9 Å². The molecule has 2 aromatic carbocycles. The monoisotopic (exact) mass is 336 g/mol. The van der Waals surface area contributed by atoms with E-state index >= 15 is 0 Å². The molecule has 0 aliphatic carbocycles. The van der Waals surface area contributed by atoms with Crippen molar-refractivity contribution in [3.05, 3.63) is 65.5 Å². The third-order valence-electron chi connectivity index (χ3n) is 4.12. The topological polar surface area (TPSA) is 90.0 Å². The van der Waals surface area contributed by atoms with Gasteiger partial charge in [0.05, 0.1) is 11.0 Å². The molecular formula is C19H20N4O2. The molecule has 0 atom stereocenters. The smallest absolute Gasteiger partial charge is 0.251 e. The number of benzene rings is 2. The molecule has 0 unspecified atom stereocenters. The van der Waals surface area contributed by atoms with Gasteiger partial charge in [-0.2, -0.15) is 0 Å². The molecule has 0 saturated carbocycles. The van der Waals surface area contributed by atoms with Crippen LogP contribution in [0.3, 0.4) is 0 Å². The van der Waals surface area contributed by atoms with Crippen molar-refractivity contribution in [2.45, 2.75) is 19.9 Å². The van der Waals surface area contributed by atoms with Crippen molar-refractivity contribution >= 4 is 22.8 Å². The third-order valence-corrected chi connectivity index (χ3v) is 4.12. The predicted molar refractivity (Wildman–Crippen MR) is 96.4 cm³/mol. The van der Waals surface area contributed by atoms with Gasteiger partial charge < -0.3 is 15.6 Å². The second-order valence-electron chi connectivity index (χ2n) is 5.85. The number of hydrogen-bond acceptors (Lipinski definition) is 3. The summed E-state index contributed by atoms with van der Waals surface area (Å²) >= 11 is 0. The Morgan fingerprint density at radius 2 is 1.76 bits per heavy atom. The first-order valence-corrected chi connectivity index (χ1v) is 8.16. The highest BCUT2D eigenvalue weighted by Gasteiger charge is 2.08. The van der Waals surface area contributed by atoms with E-state index in [1.54, 1.807) is 24.3 Å². The van der Waals surface area contributed by atoms with E-state index in [2.05, 4.69) is 14.9 Å². The van der Waals surface area contributed by atoms with E-state index in [4.69, 9.17) is 5.73 Å². The number of carbonyl (C=O) groups excluding carboxylic acids is 2. The van der Waals surface area contributed by atoms with Crippen LogP contribution in [0.5, 0.6) is 0 Å². The molecule has 128 valence electrons. The number of imidazole rings is 1. The third kappa shape index (κ3) is 3.68. The summed E-state index contributed by atoms with van der Waals surface area (Å²) in [4.78, 5) is 27.7. The molecule has 1 aromatic heterocycles. The first-order chi connectivity index (χ1) is 12.1. The standard InChI is InChI=1S/C19H20N4O2/c1-13-22-16-5-2-3-6-17(16)23(13)12-4-11-21-19(25)15-9-7-14(8-10-15)18(20)24/h2-3,5-10H,4,11-12H2,1H3,(H2,20,24)(H,21,25). The largest absolute Gasteiger partial charge is 0.366 e. The van der Waals surface area contributed by atoms with Crippen LogP contribution in [0.15, 0.2) is 48.5 Å². The minimum Gasteiger partial charge on any atom is -0.366 e. The number of hydrogen-bond donors (Lipinski definition) is 2. The Morgan fingerprint density at radius 1 is 1.08 bits per heavy atom. The van der Waals surface area contributed by atoms with Crippen LogP contribution in [0.25, 0.3) is 11.0 Å². The van der Waals surface area contributed by atoms with E-state index < -0.39 is 5.91 Å². The average molecular weight is 336 g/mol. The van der Waals surface area contributed by atoms with E-state index in [-0.39, 0.29) is 5.91 Å². The molecule has 25 heavy (non-hydrogen) atoms. The summed E-state index contributed by atoms with van der Waals surface area (Å²) in [5, 5.41) is 2.89. The van der Waals surface area contributed by atoms with E-state index in [0.29, 0.717) is 17.7 Å². The van der Waals surface area contributed by atoms with Gasteiger partial charge in [-0.1, -0.05) is 12.1 Å². The molecule has 6 nitrogen and oxygen atoms in total. The lowest BCUT2D eigenvalue weighted by atomic mass is 10.1. The van der Waals surface area contributed by atoms with Gasteiger partial charge in [0.2, 0.25) is 5.91 Å². The summed E-state index contributed by atoms with van der Waals surface area (Å²) in [5.41, 5.74) is 8.18. The predicted octanol–water partition coefficient (Wildman–Crippen LogP) is 2.26. The van der Waals surface area contributed by atoms with Crippen molar-refractivity contribution in [3.63, 3.8) is 0 Å². The Bertz CT molecular complexity index is 913. The molecule has 6 heteroatoms. The average Bonchev–Trinajstić information content (AvgIpc) is 2.94. The van der Waals surface area contributed by atoms with Crippen molar-refractivity contribution < 1.29 is 9.59 Å². The highest BCUT2D eigenvalue weighted by atomic mass is 16.2. The Hall–Kier alpha value is -3.15. The molecule has 0 fully saturated rings. The van der Waals surface area contributed by atoms with Gasteiger partial charge in [0.1, 0.15) is 5.82 Å². The van der Waals surface area contributed by atoms with Gasteiger partial charge in [0.15, 0.2) is 0 Å². The number of amides is 2. The zero-order chi connectivity index (χ0) is 17.8. The Balaban J connectivity index is 1.55. The van der Waals surface area contributed by atoms with Crippen LogP contribution in [0, 0.1) is 6.92 Å². The van der Waals surface area contributed by atoms with Crippen LogP contribution >= 0.6 is 0 Å². The number of aromatic nitrogens is 2. The quantitative estimate of drug-likeness (QED) is 0.677. The van der Waals surface area contributed by atoms with Gasteiger partial charge >= 0.3 is 0 Å². The molecule has 3 rings (SSSR count). The molecule has 2 amide bonds. The first kappa shape index (κ1) is 16.7. The summed E-state index contributed by atoms with van der Waals surface area (Å²) in [7, 11) is 0. The number of rotatable bonds is 6. The molecule has 0 bridgehead atoms. The maximum atomic E-state index is 12.1. The van der Waals surface area contributed by atoms with E-state index in [1.165, 1.54) is 0 Å². The SMILES string of the molecule is Cc1nc2ccccc2n1CCCNC(=O)c1ccc(C(N)=O)cc1. The van der Waals surface area contributed by atoms with Crippen LogP contribution in [0.1, 0.15) is 33.0 Å². The highest BCUT2D eigenvalue weighted by Crippen LogP contribution is 2.15. The van der Waals surface area contributed by atoms with Crippen molar-refractivity contribution in [1.29, 1.82) is 0 Å². The van der Waals surface area contributed by atoms with Crippen LogP contribution in [0.2, 0.25) is 0 Å². The van der Waals surface area contributed by atoms with Gasteiger partial charge in [-0.25, -0.2) is 4.98 Å². The zero-order valence-electron chi connectivity index (χ0n) is 14.0. The normalized spacial score (nSPS) is 10.8. The number of nitrogens with one attached hydrogen (secondary N) is 1. The number of para-hydroxylation sites is 2. The maximum Gasteiger partial charge on any atom is 0.251 e. The molecule has 3 N–H and O–H groups in total. The Labute approximate surface area is 145 Å². The number of fused-ring (bicyclic) bond motifs is 1. The Kier molecular flexibility index (Phi) is 4.79. The molecule has 0 aliphatic heterocycles. The van der Waals surface area contributed by atoms with Crippen molar-refractivity contribution in [1.82, 2.24) is 14.9 Å². The minimum atomic E-state index is -0.505. The Morgan fingerprint density at radius 3 is 2.48 bits per heavy atom. The summed E-state index contributed by atoms with van der Waals surface area (Å²) in [6.07, 6.45) is 0.798. The summed E-state index contributed by atoms with van der Waals surface area (Å²) in [6.45, 7) is 3.33.